The van der Waals surface area contributed by atoms with Crippen molar-refractivity contribution in [1.29, 1.82) is 0 Å². The van der Waals surface area contributed by atoms with Gasteiger partial charge in [-0.15, -0.1) is 0 Å². The van der Waals surface area contributed by atoms with Crippen LogP contribution in [-0.4, -0.2) is 34.7 Å². The fraction of sp³-hybridized carbons (Fsp3) is 0.312. The van der Waals surface area contributed by atoms with Crippen LogP contribution in [0.3, 0.4) is 0 Å². The molecule has 0 aliphatic heterocycles. The number of benzene rings is 1. The summed E-state index contributed by atoms with van der Waals surface area (Å²) in [5, 5.41) is 9.46. The number of carbonyl (C=O) groups is 2. The van der Waals surface area contributed by atoms with Crippen LogP contribution in [-0.2, 0) is 11.3 Å². The van der Waals surface area contributed by atoms with Gasteiger partial charge in [-0.1, -0.05) is 17.7 Å². The van der Waals surface area contributed by atoms with E-state index in [2.05, 4.69) is 15.7 Å². The van der Waals surface area contributed by atoms with E-state index in [0.29, 0.717) is 12.1 Å². The Balaban J connectivity index is 1.64. The topological polar surface area (TPSA) is 76.0 Å². The molecule has 22 heavy (non-hydrogen) atoms. The van der Waals surface area contributed by atoms with Crippen molar-refractivity contribution in [2.75, 3.05) is 13.1 Å². The van der Waals surface area contributed by atoms with Crippen molar-refractivity contribution in [3.05, 3.63) is 53.9 Å². The predicted octanol–water partition coefficient (Wildman–Crippen LogP) is 1.13. The molecule has 1 aromatic heterocycles. The summed E-state index contributed by atoms with van der Waals surface area (Å²) in [6.07, 6.45) is 4.39. The molecule has 2 N–H and O–H groups in total. The van der Waals surface area contributed by atoms with Gasteiger partial charge in [0.05, 0.1) is 6.54 Å². The fourth-order valence-electron chi connectivity index (χ4n) is 2.01. The summed E-state index contributed by atoms with van der Waals surface area (Å²) in [6.45, 7) is 3.21. The number of rotatable bonds is 7. The van der Waals surface area contributed by atoms with Gasteiger partial charge in [-0.05, 0) is 31.5 Å². The summed E-state index contributed by atoms with van der Waals surface area (Å²) in [7, 11) is 0. The minimum atomic E-state index is -0.240. The lowest BCUT2D eigenvalue weighted by Gasteiger charge is -2.07. The van der Waals surface area contributed by atoms with E-state index < -0.39 is 0 Å². The Bertz CT molecular complexity index is 623. The van der Waals surface area contributed by atoms with Gasteiger partial charge in [-0.2, -0.15) is 5.10 Å². The largest absolute Gasteiger partial charge is 0.355 e. The molecule has 116 valence electrons. The summed E-state index contributed by atoms with van der Waals surface area (Å²) in [5.41, 5.74) is 1.57. The molecular formula is C16H20N4O2. The molecular weight excluding hydrogens is 280 g/mol. The first-order valence-electron chi connectivity index (χ1n) is 7.24. The zero-order valence-corrected chi connectivity index (χ0v) is 12.6. The number of hydrogen-bond acceptors (Lipinski definition) is 3. The fourth-order valence-corrected chi connectivity index (χ4v) is 2.01. The lowest BCUT2D eigenvalue weighted by Crippen LogP contribution is -2.37. The molecule has 0 aliphatic rings. The zero-order valence-electron chi connectivity index (χ0n) is 12.6. The average molecular weight is 300 g/mol. The first-order chi connectivity index (χ1) is 10.6. The molecule has 1 heterocycles. The molecule has 6 heteroatoms. The monoisotopic (exact) mass is 300 g/mol. The molecule has 1 aromatic carbocycles. The number of aryl methyl sites for hydroxylation is 2. The van der Waals surface area contributed by atoms with E-state index in [1.54, 1.807) is 18.3 Å². The quantitative estimate of drug-likeness (QED) is 0.753. The Morgan fingerprint density at radius 2 is 2.09 bits per heavy atom. The lowest BCUT2D eigenvalue weighted by atomic mass is 10.1. The third kappa shape index (κ3) is 5.05. The second kappa shape index (κ2) is 7.97. The van der Waals surface area contributed by atoms with Crippen molar-refractivity contribution >= 4 is 11.8 Å². The van der Waals surface area contributed by atoms with E-state index in [1.807, 2.05) is 36.0 Å². The Morgan fingerprint density at radius 1 is 1.23 bits per heavy atom. The second-order valence-corrected chi connectivity index (χ2v) is 5.02. The van der Waals surface area contributed by atoms with E-state index in [0.717, 1.165) is 18.5 Å². The number of carbonyl (C=O) groups excluding carboxylic acids is 2. The van der Waals surface area contributed by atoms with Crippen LogP contribution >= 0.6 is 0 Å². The molecule has 0 aliphatic carbocycles. The number of nitrogens with one attached hydrogen (secondary N) is 2. The van der Waals surface area contributed by atoms with Gasteiger partial charge in [-0.3, -0.25) is 14.3 Å². The van der Waals surface area contributed by atoms with Crippen LogP contribution in [0.5, 0.6) is 0 Å². The average Bonchev–Trinajstić information content (AvgIpc) is 3.02. The van der Waals surface area contributed by atoms with E-state index in [1.165, 1.54) is 0 Å². The van der Waals surface area contributed by atoms with Gasteiger partial charge in [0.1, 0.15) is 0 Å². The lowest BCUT2D eigenvalue weighted by molar-refractivity contribution is -0.120. The van der Waals surface area contributed by atoms with Crippen LogP contribution < -0.4 is 10.6 Å². The Morgan fingerprint density at radius 3 is 2.82 bits per heavy atom. The second-order valence-electron chi connectivity index (χ2n) is 5.02. The highest BCUT2D eigenvalue weighted by molar-refractivity contribution is 5.96. The molecule has 0 saturated carbocycles. The molecule has 0 spiro atoms. The molecule has 0 bridgehead atoms. The molecule has 0 atom stereocenters. The van der Waals surface area contributed by atoms with Crippen molar-refractivity contribution < 1.29 is 9.59 Å². The van der Waals surface area contributed by atoms with Crippen molar-refractivity contribution in [3.63, 3.8) is 0 Å². The molecule has 0 fully saturated rings. The smallest absolute Gasteiger partial charge is 0.251 e. The van der Waals surface area contributed by atoms with Crippen LogP contribution in [0, 0.1) is 6.92 Å². The molecule has 6 nitrogen and oxygen atoms in total. The maximum absolute atomic E-state index is 11.9. The van der Waals surface area contributed by atoms with Gasteiger partial charge < -0.3 is 10.6 Å². The molecule has 0 radical (unpaired) electrons. The molecule has 0 unspecified atom stereocenters. The van der Waals surface area contributed by atoms with Crippen LogP contribution in [0.1, 0.15) is 22.3 Å². The highest BCUT2D eigenvalue weighted by Crippen LogP contribution is 2.03. The van der Waals surface area contributed by atoms with Crippen LogP contribution in [0.2, 0.25) is 0 Å². The van der Waals surface area contributed by atoms with Gasteiger partial charge in [-0.25, -0.2) is 0 Å². The highest BCUT2D eigenvalue weighted by atomic mass is 16.2. The van der Waals surface area contributed by atoms with E-state index in [9.17, 15) is 9.59 Å². The number of amides is 2. The maximum Gasteiger partial charge on any atom is 0.251 e. The van der Waals surface area contributed by atoms with E-state index in [4.69, 9.17) is 0 Å². The first-order valence-corrected chi connectivity index (χ1v) is 7.24. The van der Waals surface area contributed by atoms with Crippen LogP contribution in [0.4, 0.5) is 0 Å². The standard InChI is InChI=1S/C16H20N4O2/c1-13-5-2-6-14(11-13)16(22)18-12-15(21)17-7-3-9-20-10-4-8-19-20/h2,4-6,8,10-11H,3,7,9,12H2,1H3,(H,17,21)(H,18,22). The summed E-state index contributed by atoms with van der Waals surface area (Å²) >= 11 is 0. The van der Waals surface area contributed by atoms with E-state index >= 15 is 0 Å². The zero-order chi connectivity index (χ0) is 15.8. The van der Waals surface area contributed by atoms with Crippen molar-refractivity contribution in [3.8, 4) is 0 Å². The summed E-state index contributed by atoms with van der Waals surface area (Å²) < 4.78 is 1.81. The third-order valence-corrected chi connectivity index (χ3v) is 3.14. The van der Waals surface area contributed by atoms with Gasteiger partial charge in [0.25, 0.3) is 5.91 Å². The van der Waals surface area contributed by atoms with Gasteiger partial charge in [0, 0.05) is 31.0 Å². The van der Waals surface area contributed by atoms with Crippen LogP contribution in [0.15, 0.2) is 42.7 Å². The third-order valence-electron chi connectivity index (χ3n) is 3.14. The number of hydrogen-bond donors (Lipinski definition) is 2. The van der Waals surface area contributed by atoms with Crippen LogP contribution in [0.25, 0.3) is 0 Å². The minimum absolute atomic E-state index is 0.0193. The molecule has 2 aromatic rings. The van der Waals surface area contributed by atoms with Gasteiger partial charge >= 0.3 is 0 Å². The Hall–Kier alpha value is -2.63. The normalized spacial score (nSPS) is 10.2. The number of aromatic nitrogens is 2. The van der Waals surface area contributed by atoms with Crippen molar-refractivity contribution in [2.45, 2.75) is 19.9 Å². The predicted molar refractivity (Wildman–Crippen MR) is 83.4 cm³/mol. The first kappa shape index (κ1) is 15.8. The molecule has 0 saturated heterocycles. The SMILES string of the molecule is Cc1cccc(C(=O)NCC(=O)NCCCn2cccn2)c1. The number of nitrogens with zero attached hydrogens (tertiary/aromatic N) is 2. The Labute approximate surface area is 129 Å². The highest BCUT2D eigenvalue weighted by Gasteiger charge is 2.07. The summed E-state index contributed by atoms with van der Waals surface area (Å²) in [5.74, 6) is -0.433. The molecule has 2 amide bonds. The van der Waals surface area contributed by atoms with E-state index in [-0.39, 0.29) is 18.4 Å². The molecule has 2 rings (SSSR count). The minimum Gasteiger partial charge on any atom is -0.355 e. The van der Waals surface area contributed by atoms with Gasteiger partial charge in [0.15, 0.2) is 0 Å². The van der Waals surface area contributed by atoms with Gasteiger partial charge in [0.2, 0.25) is 5.91 Å². The van der Waals surface area contributed by atoms with Crippen molar-refractivity contribution in [2.24, 2.45) is 0 Å². The maximum atomic E-state index is 11.9. The summed E-state index contributed by atoms with van der Waals surface area (Å²) in [6, 6.07) is 9.11. The van der Waals surface area contributed by atoms with Crippen molar-refractivity contribution in [1.82, 2.24) is 20.4 Å². The Kier molecular flexibility index (Phi) is 5.71. The summed E-state index contributed by atoms with van der Waals surface area (Å²) in [4.78, 5) is 23.5.